The van der Waals surface area contributed by atoms with Crippen LogP contribution in [0.15, 0.2) is 18.2 Å². The highest BCUT2D eigenvalue weighted by atomic mass is 16.3. The van der Waals surface area contributed by atoms with E-state index in [0.717, 1.165) is 0 Å². The first-order chi connectivity index (χ1) is 8.23. The lowest BCUT2D eigenvalue weighted by Crippen LogP contribution is -2.45. The largest absolute Gasteiger partial charge is 0.508 e. The molecule has 0 aliphatic carbocycles. The smallest absolute Gasteiger partial charge is 0.261 e. The van der Waals surface area contributed by atoms with Gasteiger partial charge in [0.2, 0.25) is 0 Å². The number of imide groups is 1. The number of hydrogen-bond donors (Lipinski definition) is 1. The molecule has 18 heavy (non-hydrogen) atoms. The maximum absolute atomic E-state index is 12.2. The van der Waals surface area contributed by atoms with Crippen LogP contribution in [-0.2, 0) is 0 Å². The van der Waals surface area contributed by atoms with Gasteiger partial charge < -0.3 is 5.11 Å². The fourth-order valence-corrected chi connectivity index (χ4v) is 1.99. The van der Waals surface area contributed by atoms with Crippen molar-refractivity contribution in [1.29, 1.82) is 0 Å². The van der Waals surface area contributed by atoms with Crippen LogP contribution < -0.4 is 0 Å². The fraction of sp³-hybridized carbons (Fsp3) is 0.429. The normalized spacial score (nSPS) is 17.0. The summed E-state index contributed by atoms with van der Waals surface area (Å²) in [5.41, 5.74) is 0.472. The molecule has 0 fully saturated rings. The molecule has 1 aromatic carbocycles. The number of carbonyl (C=O) groups excluding carboxylic acids is 2. The van der Waals surface area contributed by atoms with Crippen molar-refractivity contribution >= 4 is 11.8 Å². The summed E-state index contributed by atoms with van der Waals surface area (Å²) in [6.45, 7) is 7.82. The molecule has 4 nitrogen and oxygen atoms in total. The maximum atomic E-state index is 12.2. The molecule has 1 heterocycles. The van der Waals surface area contributed by atoms with Gasteiger partial charge in [0.05, 0.1) is 11.1 Å². The van der Waals surface area contributed by atoms with Crippen molar-refractivity contribution in [2.45, 2.75) is 33.7 Å². The van der Waals surface area contributed by atoms with Crippen LogP contribution in [0.2, 0.25) is 0 Å². The number of phenolic OH excluding ortho intramolecular Hbond substituents is 1. The van der Waals surface area contributed by atoms with E-state index < -0.39 is 0 Å². The fourth-order valence-electron chi connectivity index (χ4n) is 1.99. The van der Waals surface area contributed by atoms with Gasteiger partial charge in [0.1, 0.15) is 5.75 Å². The molecule has 0 saturated heterocycles. The van der Waals surface area contributed by atoms with Crippen LogP contribution >= 0.6 is 0 Å². The number of aromatic hydroxyl groups is 1. The summed E-state index contributed by atoms with van der Waals surface area (Å²) in [7, 11) is 0. The van der Waals surface area contributed by atoms with E-state index in [0.29, 0.717) is 5.56 Å². The Morgan fingerprint density at radius 1 is 1.11 bits per heavy atom. The summed E-state index contributed by atoms with van der Waals surface area (Å²) >= 11 is 0. The Bertz CT molecular complexity index is 528. The first-order valence-electron chi connectivity index (χ1n) is 5.94. The van der Waals surface area contributed by atoms with Crippen molar-refractivity contribution in [2.75, 3.05) is 0 Å². The van der Waals surface area contributed by atoms with Crippen molar-refractivity contribution in [1.82, 2.24) is 4.90 Å². The van der Waals surface area contributed by atoms with Gasteiger partial charge in [-0.3, -0.25) is 14.5 Å². The van der Waals surface area contributed by atoms with Crippen LogP contribution in [0.4, 0.5) is 0 Å². The Hall–Kier alpha value is -1.84. The topological polar surface area (TPSA) is 57.6 Å². The summed E-state index contributed by atoms with van der Waals surface area (Å²) in [4.78, 5) is 25.8. The Morgan fingerprint density at radius 2 is 1.67 bits per heavy atom. The van der Waals surface area contributed by atoms with E-state index in [1.165, 1.54) is 23.1 Å². The third-order valence-corrected chi connectivity index (χ3v) is 3.54. The number of hydrogen-bond acceptors (Lipinski definition) is 3. The second kappa shape index (κ2) is 3.83. The van der Waals surface area contributed by atoms with Crippen LogP contribution in [0.5, 0.6) is 5.75 Å². The molecule has 2 rings (SSSR count). The standard InChI is InChI=1S/C14H17NO3/c1-8(14(2,3)4)15-12(17)10-6-5-9(16)7-11(10)13(15)18/h5-8,16H,1-4H3/t8-/m1/s1. The SMILES string of the molecule is C[C@@H](N1C(=O)c2ccc(O)cc2C1=O)C(C)(C)C. The van der Waals surface area contributed by atoms with E-state index in [2.05, 4.69) is 0 Å². The molecule has 1 atom stereocenters. The number of carbonyl (C=O) groups is 2. The molecule has 0 aromatic heterocycles. The van der Waals surface area contributed by atoms with Gasteiger partial charge in [-0.2, -0.15) is 0 Å². The molecule has 0 bridgehead atoms. The van der Waals surface area contributed by atoms with Crippen molar-refractivity contribution in [3.8, 4) is 5.75 Å². The second-order valence-corrected chi connectivity index (χ2v) is 5.75. The number of amides is 2. The van der Waals surface area contributed by atoms with E-state index in [4.69, 9.17) is 0 Å². The van der Waals surface area contributed by atoms with E-state index in [1.54, 1.807) is 0 Å². The highest BCUT2D eigenvalue weighted by molar-refractivity contribution is 6.21. The van der Waals surface area contributed by atoms with Crippen molar-refractivity contribution in [2.24, 2.45) is 5.41 Å². The molecule has 1 aliphatic heterocycles. The minimum absolute atomic E-state index is 0.000150. The van der Waals surface area contributed by atoms with Gasteiger partial charge in [-0.1, -0.05) is 20.8 Å². The Labute approximate surface area is 106 Å². The predicted molar refractivity (Wildman–Crippen MR) is 67.5 cm³/mol. The second-order valence-electron chi connectivity index (χ2n) is 5.75. The number of benzene rings is 1. The van der Waals surface area contributed by atoms with Crippen LogP contribution in [0, 0.1) is 5.41 Å². The van der Waals surface area contributed by atoms with Crippen LogP contribution in [0.3, 0.4) is 0 Å². The lowest BCUT2D eigenvalue weighted by Gasteiger charge is -2.33. The highest BCUT2D eigenvalue weighted by Gasteiger charge is 2.42. The summed E-state index contributed by atoms with van der Waals surface area (Å²) in [6, 6.07) is 4.08. The summed E-state index contributed by atoms with van der Waals surface area (Å²) in [5, 5.41) is 9.40. The molecular weight excluding hydrogens is 230 g/mol. The maximum Gasteiger partial charge on any atom is 0.261 e. The first kappa shape index (κ1) is 12.6. The molecule has 4 heteroatoms. The number of nitrogens with zero attached hydrogens (tertiary/aromatic N) is 1. The minimum Gasteiger partial charge on any atom is -0.508 e. The zero-order valence-electron chi connectivity index (χ0n) is 11.0. The lowest BCUT2D eigenvalue weighted by atomic mass is 9.87. The van der Waals surface area contributed by atoms with Gasteiger partial charge in [-0.05, 0) is 30.5 Å². The molecule has 1 aromatic rings. The van der Waals surface area contributed by atoms with Crippen LogP contribution in [0.1, 0.15) is 48.4 Å². The number of phenols is 1. The van der Waals surface area contributed by atoms with Gasteiger partial charge in [0, 0.05) is 6.04 Å². The van der Waals surface area contributed by atoms with Crippen LogP contribution in [-0.4, -0.2) is 27.9 Å². The van der Waals surface area contributed by atoms with Gasteiger partial charge in [-0.15, -0.1) is 0 Å². The molecule has 2 amide bonds. The van der Waals surface area contributed by atoms with Crippen LogP contribution in [0.25, 0.3) is 0 Å². The van der Waals surface area contributed by atoms with Crippen molar-refractivity contribution < 1.29 is 14.7 Å². The summed E-state index contributed by atoms with van der Waals surface area (Å²) in [5.74, 6) is -0.606. The summed E-state index contributed by atoms with van der Waals surface area (Å²) in [6.07, 6.45) is 0. The van der Waals surface area contributed by atoms with E-state index >= 15 is 0 Å². The lowest BCUT2D eigenvalue weighted by molar-refractivity contribution is 0.0485. The summed E-state index contributed by atoms with van der Waals surface area (Å²) < 4.78 is 0. The Balaban J connectivity index is 2.46. The van der Waals surface area contributed by atoms with Gasteiger partial charge >= 0.3 is 0 Å². The Morgan fingerprint density at radius 3 is 2.22 bits per heavy atom. The van der Waals surface area contributed by atoms with Crippen molar-refractivity contribution in [3.05, 3.63) is 29.3 Å². The highest BCUT2D eigenvalue weighted by Crippen LogP contribution is 2.33. The molecule has 0 unspecified atom stereocenters. The molecule has 1 N–H and O–H groups in total. The average Bonchev–Trinajstić information content (AvgIpc) is 2.49. The molecule has 0 radical (unpaired) electrons. The first-order valence-corrected chi connectivity index (χ1v) is 5.94. The molecule has 0 saturated carbocycles. The Kier molecular flexibility index (Phi) is 2.69. The third kappa shape index (κ3) is 1.78. The van der Waals surface area contributed by atoms with E-state index in [9.17, 15) is 14.7 Å². The third-order valence-electron chi connectivity index (χ3n) is 3.54. The zero-order chi connectivity index (χ0) is 13.7. The average molecular weight is 247 g/mol. The number of rotatable bonds is 1. The molecular formula is C14H17NO3. The molecule has 0 spiro atoms. The minimum atomic E-state index is -0.326. The zero-order valence-corrected chi connectivity index (χ0v) is 11.0. The van der Waals surface area contributed by atoms with Gasteiger partial charge in [-0.25, -0.2) is 0 Å². The van der Waals surface area contributed by atoms with Gasteiger partial charge in [0.15, 0.2) is 0 Å². The quantitative estimate of drug-likeness (QED) is 0.775. The van der Waals surface area contributed by atoms with Crippen molar-refractivity contribution in [3.63, 3.8) is 0 Å². The monoisotopic (exact) mass is 247 g/mol. The molecule has 1 aliphatic rings. The number of fused-ring (bicyclic) bond motifs is 1. The van der Waals surface area contributed by atoms with E-state index in [1.807, 2.05) is 27.7 Å². The van der Waals surface area contributed by atoms with Gasteiger partial charge in [0.25, 0.3) is 11.8 Å². The predicted octanol–water partition coefficient (Wildman–Crippen LogP) is 2.42. The molecule has 96 valence electrons. The van der Waals surface area contributed by atoms with E-state index in [-0.39, 0.29) is 34.6 Å².